The predicted octanol–water partition coefficient (Wildman–Crippen LogP) is 19.2. The maximum atomic E-state index is 4.73. The van der Waals surface area contributed by atoms with Crippen molar-refractivity contribution in [2.24, 2.45) is 0 Å². The third-order valence-electron chi connectivity index (χ3n) is 26.0. The Labute approximate surface area is 695 Å². The normalized spacial score (nSPS) is 20.2. The van der Waals surface area contributed by atoms with Crippen molar-refractivity contribution in [2.45, 2.75) is 146 Å². The number of aryl methyl sites for hydroxylation is 2. The van der Waals surface area contributed by atoms with Gasteiger partial charge in [-0.3, -0.25) is 0 Å². The van der Waals surface area contributed by atoms with Crippen LogP contribution >= 0.6 is 0 Å². The summed E-state index contributed by atoms with van der Waals surface area (Å²) in [5.74, 6) is 8.13. The highest BCUT2D eigenvalue weighted by atomic mass is 15.5. The molecule has 0 aliphatic carbocycles. The Hall–Kier alpha value is -13.1. The lowest BCUT2D eigenvalue weighted by Crippen LogP contribution is -2.37. The summed E-state index contributed by atoms with van der Waals surface area (Å²) in [5, 5.41) is 0. The van der Waals surface area contributed by atoms with Gasteiger partial charge in [-0.15, -0.1) is 0 Å². The topological polar surface area (TPSA) is 155 Å². The van der Waals surface area contributed by atoms with E-state index in [-0.39, 0.29) is 49.3 Å². The molecule has 12 aromatic rings. The number of fused-ring (bicyclic) bond motifs is 8. The molecule has 20 rings (SSSR count). The van der Waals surface area contributed by atoms with Crippen LogP contribution in [0, 0.1) is 41.5 Å². The van der Waals surface area contributed by atoms with Crippen LogP contribution in [0.15, 0.2) is 207 Å². The van der Waals surface area contributed by atoms with Crippen LogP contribution < -0.4 is 78.4 Å². The van der Waals surface area contributed by atoms with Crippen molar-refractivity contribution >= 4 is 138 Å². The molecule has 0 bridgehead atoms. The first-order valence-electron chi connectivity index (χ1n) is 41.0. The molecule has 118 heavy (non-hydrogen) atoms. The summed E-state index contributed by atoms with van der Waals surface area (Å²) < 4.78 is 0. The van der Waals surface area contributed by atoms with E-state index in [1.54, 1.807) is 0 Å². The van der Waals surface area contributed by atoms with Gasteiger partial charge in [-0.2, -0.15) is 0 Å². The van der Waals surface area contributed by atoms with Gasteiger partial charge in [-0.05, 0) is 276 Å². The number of rotatable bonds is 8. The van der Waals surface area contributed by atoms with Crippen LogP contribution in [0.4, 0.5) is 138 Å². The summed E-state index contributed by atoms with van der Waals surface area (Å²) in [6, 6.07) is 55.5. The molecular formula is C94H108N24. The number of anilines is 24. The molecule has 24 nitrogen and oxygen atoms in total. The molecule has 0 unspecified atom stereocenters. The van der Waals surface area contributed by atoms with Gasteiger partial charge in [0, 0.05) is 151 Å². The molecule has 0 spiro atoms. The molecule has 8 aliphatic heterocycles. The van der Waals surface area contributed by atoms with E-state index in [4.69, 9.17) is 19.9 Å². The fourth-order valence-corrected chi connectivity index (χ4v) is 18.7. The first kappa shape index (κ1) is 77.5. The maximum absolute atomic E-state index is 4.73. The fraction of sp³-hybridized carbons (Fsp3) is 0.319. The van der Waals surface area contributed by atoms with Gasteiger partial charge in [0.05, 0.1) is 45.5 Å². The highest BCUT2D eigenvalue weighted by Crippen LogP contribution is 2.55. The van der Waals surface area contributed by atoms with Gasteiger partial charge in [0.15, 0.2) is 46.5 Å². The van der Waals surface area contributed by atoms with E-state index in [9.17, 15) is 0 Å². The molecule has 0 radical (unpaired) electrons. The smallest absolute Gasteiger partial charge is 0.158 e. The Morgan fingerprint density at radius 2 is 0.339 bits per heavy atom. The molecular weight excluding hydrogens is 1470 g/mol. The fourth-order valence-electron chi connectivity index (χ4n) is 18.7. The minimum absolute atomic E-state index is 0.187. The number of hydrogen-bond donors (Lipinski definition) is 0. The van der Waals surface area contributed by atoms with Gasteiger partial charge in [-0.25, -0.2) is 39.9 Å². The van der Waals surface area contributed by atoms with Gasteiger partial charge < -0.3 is 78.4 Å². The zero-order valence-corrected chi connectivity index (χ0v) is 72.0. The SMILES string of the molecule is Cc1c(N2c3cccnc3N(C)[C@H]2C)cccc1N1c2cccnc2N(C)[C@@H]1C.Cc1c(N2c3ncccc3N(C)[C@H]2C)cccc1N1c2ncccc2N(C)[C@@H]1C.Cc1cc(N2c3cccnc3N(C)[C@H]2C)c(C)c(N2c3cccnc3N(C)[C@@H]2C)c1.Cc1cc(N2c3ncccc3N(C)[C@H]2C)c(C)c(N2c3ncccc3N(C)[C@@H]2C)c1. The number of pyridine rings is 8. The van der Waals surface area contributed by atoms with Crippen LogP contribution in [0.25, 0.3) is 0 Å². The Bertz CT molecular complexity index is 5130. The Kier molecular flexibility index (Phi) is 19.8. The van der Waals surface area contributed by atoms with Crippen molar-refractivity contribution in [3.8, 4) is 0 Å². The van der Waals surface area contributed by atoms with Crippen molar-refractivity contribution in [1.29, 1.82) is 0 Å². The van der Waals surface area contributed by atoms with Crippen LogP contribution in [0.2, 0.25) is 0 Å². The van der Waals surface area contributed by atoms with Crippen LogP contribution in [0.5, 0.6) is 0 Å². The van der Waals surface area contributed by atoms with Crippen molar-refractivity contribution in [3.63, 3.8) is 0 Å². The molecule has 0 N–H and O–H groups in total. The lowest BCUT2D eigenvalue weighted by atomic mass is 10.0. The van der Waals surface area contributed by atoms with E-state index >= 15 is 0 Å². The van der Waals surface area contributed by atoms with Gasteiger partial charge in [0.1, 0.15) is 49.3 Å². The van der Waals surface area contributed by atoms with Crippen LogP contribution in [0.3, 0.4) is 0 Å². The molecule has 0 fully saturated rings. The van der Waals surface area contributed by atoms with Gasteiger partial charge >= 0.3 is 0 Å². The minimum Gasteiger partial charge on any atom is -0.351 e. The molecule has 0 amide bonds. The first-order valence-corrected chi connectivity index (χ1v) is 41.0. The molecule has 8 aromatic heterocycles. The maximum Gasteiger partial charge on any atom is 0.158 e. The Morgan fingerprint density at radius 3 is 0.576 bits per heavy atom. The molecule has 8 aliphatic rings. The average Bonchev–Trinajstić information content (AvgIpc) is 1.59. The minimum atomic E-state index is 0.187. The van der Waals surface area contributed by atoms with Crippen LogP contribution in [-0.4, -0.2) is 146 Å². The third-order valence-corrected chi connectivity index (χ3v) is 26.0. The summed E-state index contributed by atoms with van der Waals surface area (Å²) in [5.41, 5.74) is 26.3. The zero-order valence-electron chi connectivity index (χ0n) is 72.0. The summed E-state index contributed by atoms with van der Waals surface area (Å²) >= 11 is 0. The van der Waals surface area contributed by atoms with Crippen molar-refractivity contribution in [3.05, 3.63) is 241 Å². The summed E-state index contributed by atoms with van der Waals surface area (Å²) in [6.45, 7) is 31.0. The van der Waals surface area contributed by atoms with Crippen molar-refractivity contribution < 1.29 is 0 Å². The van der Waals surface area contributed by atoms with E-state index in [2.05, 4.69) is 361 Å². The largest absolute Gasteiger partial charge is 0.351 e. The van der Waals surface area contributed by atoms with E-state index < -0.39 is 0 Å². The molecule has 604 valence electrons. The van der Waals surface area contributed by atoms with Gasteiger partial charge in [0.2, 0.25) is 0 Å². The second-order valence-electron chi connectivity index (χ2n) is 32.4. The number of benzene rings is 4. The number of hydrogen-bond acceptors (Lipinski definition) is 24. The van der Waals surface area contributed by atoms with Gasteiger partial charge in [0.25, 0.3) is 0 Å². The second-order valence-corrected chi connectivity index (χ2v) is 32.4. The quantitative estimate of drug-likeness (QED) is 0.141. The van der Waals surface area contributed by atoms with E-state index in [0.717, 1.165) is 92.0 Å². The number of aromatic nitrogens is 8. The second kappa shape index (κ2) is 30.2. The first-order chi connectivity index (χ1) is 56.8. The molecule has 16 heterocycles. The lowest BCUT2D eigenvalue weighted by Gasteiger charge is -2.33. The predicted molar refractivity (Wildman–Crippen MR) is 488 cm³/mol. The van der Waals surface area contributed by atoms with E-state index in [1.165, 1.54) is 78.9 Å². The highest BCUT2D eigenvalue weighted by molar-refractivity contribution is 5.93. The van der Waals surface area contributed by atoms with E-state index in [0.29, 0.717) is 0 Å². The van der Waals surface area contributed by atoms with Gasteiger partial charge in [-0.1, -0.05) is 12.1 Å². The lowest BCUT2D eigenvalue weighted by molar-refractivity contribution is 0.720. The summed E-state index contributed by atoms with van der Waals surface area (Å²) in [7, 11) is 17.0. The van der Waals surface area contributed by atoms with Crippen molar-refractivity contribution in [2.75, 3.05) is 135 Å². The molecule has 24 heteroatoms. The highest BCUT2D eigenvalue weighted by Gasteiger charge is 2.43. The Balaban J connectivity index is 0.000000113. The monoisotopic (exact) mass is 1570 g/mol. The third kappa shape index (κ3) is 12.3. The average molecular weight is 1570 g/mol. The number of nitrogens with zero attached hydrogens (tertiary/aromatic N) is 24. The zero-order chi connectivity index (χ0) is 82.9. The molecule has 0 saturated carbocycles. The van der Waals surface area contributed by atoms with Crippen LogP contribution in [-0.2, 0) is 0 Å². The van der Waals surface area contributed by atoms with Crippen LogP contribution in [0.1, 0.15) is 88.8 Å². The molecule has 0 saturated heterocycles. The summed E-state index contributed by atoms with van der Waals surface area (Å²) in [4.78, 5) is 74.3. The Morgan fingerprint density at radius 1 is 0.178 bits per heavy atom. The van der Waals surface area contributed by atoms with Crippen molar-refractivity contribution in [1.82, 2.24) is 39.9 Å². The van der Waals surface area contributed by atoms with E-state index in [1.807, 2.05) is 98.1 Å². The standard InChI is InChI=1S/2C24H28N6.2C23H26N6/c1-15-13-21(29-17(3)27(5)23-19(29)9-7-11-25-23)16(2)22(14-15)30-18(4)28(6)24-20(30)10-8-12-26-24;1-15-13-21(29-17(3)27(5)19-9-7-11-25-23(19)29)16(2)22(14-15)30-18(4)28(6)20-10-8-12-26-24(20)30;1-15-18(28-16(2)26(4)22-20(28)11-7-13-24-22)9-6-10-19(15)29-17(3)27(5)23-21(29)12-8-14-25-23;1-15-18(28-16(2)26(4)20-11-7-13-24-22(20)28)9-6-10-19(15)29-17(3)27(5)21-12-8-14-25-23(21)29/h2*7-14,17-18H,1-6H3;2*6-14,16-17H,1-5H3/t2*17-,18+;2*16-,17+. The molecule has 8 atom stereocenters. The molecule has 4 aromatic carbocycles. The summed E-state index contributed by atoms with van der Waals surface area (Å²) in [6.07, 6.45) is 16.5.